The Balaban J connectivity index is 1.46. The predicted molar refractivity (Wildman–Crippen MR) is 111 cm³/mol. The highest BCUT2D eigenvalue weighted by molar-refractivity contribution is 5.93. The van der Waals surface area contributed by atoms with Gasteiger partial charge in [0.15, 0.2) is 17.6 Å². The van der Waals surface area contributed by atoms with Crippen LogP contribution in [0, 0.1) is 0 Å². The minimum absolute atomic E-state index is 0.153. The summed E-state index contributed by atoms with van der Waals surface area (Å²) in [6, 6.07) is 10.2. The van der Waals surface area contributed by atoms with E-state index in [9.17, 15) is 18.0 Å². The molecule has 166 valence electrons. The van der Waals surface area contributed by atoms with E-state index < -0.39 is 17.8 Å². The van der Waals surface area contributed by atoms with Gasteiger partial charge in [-0.15, -0.1) is 0 Å². The number of anilines is 2. The van der Waals surface area contributed by atoms with Gasteiger partial charge in [-0.05, 0) is 43.2 Å². The predicted octanol–water partition coefficient (Wildman–Crippen LogP) is 4.61. The second kappa shape index (κ2) is 8.56. The molecule has 2 heterocycles. The van der Waals surface area contributed by atoms with Crippen LogP contribution < -0.4 is 19.7 Å². The summed E-state index contributed by atoms with van der Waals surface area (Å²) >= 11 is 0. The fraction of sp³-hybridized carbons (Fsp3) is 0.409. The summed E-state index contributed by atoms with van der Waals surface area (Å²) in [7, 11) is 1.57. The molecular formula is C22H24F3N3O3. The summed E-state index contributed by atoms with van der Waals surface area (Å²) in [5.41, 5.74) is -0.0489. The molecule has 1 fully saturated rings. The van der Waals surface area contributed by atoms with Crippen LogP contribution >= 0.6 is 0 Å². The van der Waals surface area contributed by atoms with E-state index >= 15 is 0 Å². The lowest BCUT2D eigenvalue weighted by atomic mass is 10.1. The number of alkyl halides is 3. The minimum atomic E-state index is -4.49. The molecule has 1 unspecified atom stereocenters. The van der Waals surface area contributed by atoms with Gasteiger partial charge >= 0.3 is 12.2 Å². The first-order valence-electron chi connectivity index (χ1n) is 10.2. The van der Waals surface area contributed by atoms with Crippen molar-refractivity contribution < 1.29 is 27.4 Å². The van der Waals surface area contributed by atoms with Gasteiger partial charge < -0.3 is 24.6 Å². The Morgan fingerprint density at radius 1 is 1.16 bits per heavy atom. The molecule has 0 radical (unpaired) electrons. The van der Waals surface area contributed by atoms with Crippen LogP contribution in [0.2, 0.25) is 0 Å². The maximum atomic E-state index is 13.2. The standard InChI is InChI=1S/C22H24F3N3O3/c1-27(13-16-14-30-19-6-2-3-7-20(19)31-16)21(29)26-17-12-15(22(23,24)25)8-9-18(17)28-10-4-5-11-28/h2-3,6-9,12,16H,4-5,10-11,13-14H2,1H3,(H,26,29). The van der Waals surface area contributed by atoms with Crippen molar-refractivity contribution in [2.24, 2.45) is 0 Å². The van der Waals surface area contributed by atoms with Gasteiger partial charge in [0, 0.05) is 20.1 Å². The van der Waals surface area contributed by atoms with Crippen molar-refractivity contribution in [3.63, 3.8) is 0 Å². The Hall–Kier alpha value is -3.10. The van der Waals surface area contributed by atoms with Crippen LogP contribution in [-0.2, 0) is 6.18 Å². The van der Waals surface area contributed by atoms with E-state index in [1.165, 1.54) is 11.0 Å². The van der Waals surface area contributed by atoms with Crippen LogP contribution in [0.25, 0.3) is 0 Å². The van der Waals surface area contributed by atoms with Crippen molar-refractivity contribution in [3.05, 3.63) is 48.0 Å². The molecule has 2 aliphatic rings. The zero-order valence-corrected chi connectivity index (χ0v) is 17.1. The van der Waals surface area contributed by atoms with Crippen LogP contribution in [0.4, 0.5) is 29.3 Å². The Morgan fingerprint density at radius 3 is 2.58 bits per heavy atom. The van der Waals surface area contributed by atoms with Crippen molar-refractivity contribution >= 4 is 17.4 Å². The molecule has 1 saturated heterocycles. The van der Waals surface area contributed by atoms with Crippen molar-refractivity contribution in [3.8, 4) is 11.5 Å². The highest BCUT2D eigenvalue weighted by Gasteiger charge is 2.32. The smallest absolute Gasteiger partial charge is 0.416 e. The number of ether oxygens (including phenoxy) is 2. The largest absolute Gasteiger partial charge is 0.486 e. The summed E-state index contributed by atoms with van der Waals surface area (Å²) in [5, 5.41) is 2.66. The average molecular weight is 435 g/mol. The third-order valence-electron chi connectivity index (χ3n) is 5.40. The lowest BCUT2D eigenvalue weighted by Crippen LogP contribution is -2.43. The lowest BCUT2D eigenvalue weighted by molar-refractivity contribution is -0.137. The molecule has 4 rings (SSSR count). The molecule has 2 aliphatic heterocycles. The number of nitrogens with zero attached hydrogens (tertiary/aromatic N) is 2. The summed E-state index contributed by atoms with van der Waals surface area (Å²) in [5.74, 6) is 1.24. The molecule has 1 atom stereocenters. The summed E-state index contributed by atoms with van der Waals surface area (Å²) in [6.07, 6.45) is -2.94. The first-order valence-corrected chi connectivity index (χ1v) is 10.2. The van der Waals surface area contributed by atoms with Gasteiger partial charge in [-0.3, -0.25) is 0 Å². The molecule has 0 saturated carbocycles. The maximum absolute atomic E-state index is 13.2. The van der Waals surface area contributed by atoms with E-state index in [-0.39, 0.29) is 24.9 Å². The molecule has 2 aromatic rings. The fourth-order valence-electron chi connectivity index (χ4n) is 3.80. The molecule has 31 heavy (non-hydrogen) atoms. The Kier molecular flexibility index (Phi) is 5.84. The van der Waals surface area contributed by atoms with Crippen molar-refractivity contribution in [1.82, 2.24) is 4.90 Å². The van der Waals surface area contributed by atoms with Gasteiger partial charge in [0.2, 0.25) is 0 Å². The number of hydrogen-bond donors (Lipinski definition) is 1. The zero-order valence-electron chi connectivity index (χ0n) is 17.1. The first kappa shape index (κ1) is 21.1. The zero-order chi connectivity index (χ0) is 22.0. The van der Waals surface area contributed by atoms with Gasteiger partial charge in [-0.2, -0.15) is 13.2 Å². The maximum Gasteiger partial charge on any atom is 0.416 e. The van der Waals surface area contributed by atoms with E-state index in [0.717, 1.165) is 38.1 Å². The van der Waals surface area contributed by atoms with Crippen molar-refractivity contribution in [2.75, 3.05) is 43.5 Å². The molecule has 0 spiro atoms. The number of nitrogens with one attached hydrogen (secondary N) is 1. The number of amides is 2. The van der Waals surface area contributed by atoms with Crippen LogP contribution in [0.15, 0.2) is 42.5 Å². The van der Waals surface area contributed by atoms with Gasteiger partial charge in [-0.1, -0.05) is 12.1 Å². The summed E-state index contributed by atoms with van der Waals surface area (Å²) in [6.45, 7) is 1.99. The van der Waals surface area contributed by atoms with Gasteiger partial charge in [0.1, 0.15) is 6.61 Å². The average Bonchev–Trinajstić information content (AvgIpc) is 3.27. The molecule has 2 aromatic carbocycles. The van der Waals surface area contributed by atoms with E-state index in [1.807, 2.05) is 17.0 Å². The second-order valence-corrected chi connectivity index (χ2v) is 7.73. The topological polar surface area (TPSA) is 54.0 Å². The number of rotatable bonds is 4. The number of para-hydroxylation sites is 2. The number of halogens is 3. The van der Waals surface area contributed by atoms with E-state index in [0.29, 0.717) is 17.2 Å². The van der Waals surface area contributed by atoms with Crippen molar-refractivity contribution in [2.45, 2.75) is 25.1 Å². The Bertz CT molecular complexity index is 945. The molecule has 2 amide bonds. The normalized spacial score (nSPS) is 18.1. The van der Waals surface area contributed by atoms with Crippen LogP contribution in [0.1, 0.15) is 18.4 Å². The van der Waals surface area contributed by atoms with Crippen LogP contribution in [-0.4, -0.2) is 50.3 Å². The van der Waals surface area contributed by atoms with E-state index in [1.54, 1.807) is 19.2 Å². The molecule has 6 nitrogen and oxygen atoms in total. The highest BCUT2D eigenvalue weighted by atomic mass is 19.4. The third kappa shape index (κ3) is 4.81. The molecule has 0 aliphatic carbocycles. The SMILES string of the molecule is CN(CC1COc2ccccc2O1)C(=O)Nc1cc(C(F)(F)F)ccc1N1CCCC1. The lowest BCUT2D eigenvalue weighted by Gasteiger charge is -2.30. The monoisotopic (exact) mass is 435 g/mol. The number of likely N-dealkylation sites (N-methyl/N-ethyl adjacent to an activating group) is 1. The number of carbonyl (C=O) groups is 1. The Labute approximate surface area is 178 Å². The number of fused-ring (bicyclic) bond motifs is 1. The first-order chi connectivity index (χ1) is 14.8. The summed E-state index contributed by atoms with van der Waals surface area (Å²) < 4.78 is 51.2. The number of benzene rings is 2. The van der Waals surface area contributed by atoms with Crippen molar-refractivity contribution in [1.29, 1.82) is 0 Å². The van der Waals surface area contributed by atoms with Crippen LogP contribution in [0.3, 0.4) is 0 Å². The number of hydrogen-bond acceptors (Lipinski definition) is 4. The van der Waals surface area contributed by atoms with Gasteiger partial charge in [-0.25, -0.2) is 4.79 Å². The molecule has 0 aromatic heterocycles. The van der Waals surface area contributed by atoms with Crippen LogP contribution in [0.5, 0.6) is 11.5 Å². The minimum Gasteiger partial charge on any atom is -0.486 e. The molecular weight excluding hydrogens is 411 g/mol. The summed E-state index contributed by atoms with van der Waals surface area (Å²) in [4.78, 5) is 16.2. The Morgan fingerprint density at radius 2 is 1.87 bits per heavy atom. The number of urea groups is 1. The molecule has 0 bridgehead atoms. The number of carbonyl (C=O) groups excluding carboxylic acids is 1. The fourth-order valence-corrected chi connectivity index (χ4v) is 3.80. The molecule has 9 heteroatoms. The quantitative estimate of drug-likeness (QED) is 0.762. The van der Waals surface area contributed by atoms with Gasteiger partial charge in [0.25, 0.3) is 0 Å². The van der Waals surface area contributed by atoms with E-state index in [2.05, 4.69) is 5.32 Å². The van der Waals surface area contributed by atoms with E-state index in [4.69, 9.17) is 9.47 Å². The second-order valence-electron chi connectivity index (χ2n) is 7.73. The highest BCUT2D eigenvalue weighted by Crippen LogP contribution is 2.37. The third-order valence-corrected chi connectivity index (χ3v) is 5.40. The van der Waals surface area contributed by atoms with Gasteiger partial charge in [0.05, 0.1) is 23.5 Å². The molecule has 1 N–H and O–H groups in total.